The molecule has 0 saturated heterocycles. The van der Waals surface area contributed by atoms with Crippen molar-refractivity contribution in [3.63, 3.8) is 0 Å². The van der Waals surface area contributed by atoms with Gasteiger partial charge in [0.1, 0.15) is 5.56 Å². The van der Waals surface area contributed by atoms with Gasteiger partial charge in [0, 0.05) is 17.3 Å². The van der Waals surface area contributed by atoms with Crippen molar-refractivity contribution in [2.45, 2.75) is 26.3 Å². The lowest BCUT2D eigenvalue weighted by Gasteiger charge is -2.24. The Hall–Kier alpha value is -4.00. The van der Waals surface area contributed by atoms with Crippen molar-refractivity contribution >= 4 is 28.5 Å². The molecule has 0 atom stereocenters. The Morgan fingerprint density at radius 1 is 0.968 bits per heavy atom. The highest BCUT2D eigenvalue weighted by molar-refractivity contribution is 6.08. The number of rotatable bonds is 3. The first-order valence-electron chi connectivity index (χ1n) is 10.1. The van der Waals surface area contributed by atoms with Crippen LogP contribution in [-0.4, -0.2) is 30.1 Å². The molecule has 0 radical (unpaired) electrons. The maximum absolute atomic E-state index is 13.2. The number of aromatic nitrogens is 5. The lowest BCUT2D eigenvalue weighted by Crippen LogP contribution is -2.26. The number of imidazole rings is 1. The fraction of sp³-hybridized carbons (Fsp3) is 0.167. The first-order valence-corrected chi connectivity index (χ1v) is 10.1. The molecule has 0 fully saturated rings. The molecule has 0 spiro atoms. The summed E-state index contributed by atoms with van der Waals surface area (Å²) in [6.45, 7) is 6.25. The van der Waals surface area contributed by atoms with E-state index >= 15 is 0 Å². The number of nitrogens with zero attached hydrogens (tertiary/aromatic N) is 5. The summed E-state index contributed by atoms with van der Waals surface area (Å²) in [7, 11) is 0. The van der Waals surface area contributed by atoms with Gasteiger partial charge in [-0.05, 0) is 39.0 Å². The van der Waals surface area contributed by atoms with Gasteiger partial charge in [-0.25, -0.2) is 14.5 Å². The normalized spacial score (nSPS) is 11.8. The number of hydrogen-bond donors (Lipinski definition) is 1. The minimum absolute atomic E-state index is 0.265. The molecule has 1 N–H and O–H groups in total. The maximum Gasteiger partial charge on any atom is 0.263 e. The molecule has 0 saturated carbocycles. The second-order valence-corrected chi connectivity index (χ2v) is 8.37. The third kappa shape index (κ3) is 3.24. The van der Waals surface area contributed by atoms with Gasteiger partial charge in [0.15, 0.2) is 5.65 Å². The number of fused-ring (bicyclic) bond motifs is 2. The Kier molecular flexibility index (Phi) is 4.32. The van der Waals surface area contributed by atoms with Crippen molar-refractivity contribution < 1.29 is 4.79 Å². The average Bonchev–Trinajstić information content (AvgIpc) is 3.35. The van der Waals surface area contributed by atoms with E-state index in [0.29, 0.717) is 17.2 Å². The van der Waals surface area contributed by atoms with Crippen LogP contribution < -0.4 is 5.32 Å². The van der Waals surface area contributed by atoms with Crippen LogP contribution in [-0.2, 0) is 5.54 Å². The number of carbonyl (C=O) groups excluding carboxylic acids is 1. The standard InChI is InChI=1S/C24H22N6O/c1-24(2,3)29-20-12-8-7-11-18(20)27-23(29)28-22(31)17-15-26-30-19(13-14-25-21(17)30)16-9-5-4-6-10-16/h4-15H,1-3H3,(H,27,28,31). The second-order valence-electron chi connectivity index (χ2n) is 8.37. The molecule has 0 unspecified atom stereocenters. The van der Waals surface area contributed by atoms with E-state index in [9.17, 15) is 4.79 Å². The minimum Gasteiger partial charge on any atom is -0.305 e. The van der Waals surface area contributed by atoms with Crippen molar-refractivity contribution in [2.75, 3.05) is 5.32 Å². The van der Waals surface area contributed by atoms with Crippen molar-refractivity contribution in [1.82, 2.24) is 24.1 Å². The molecule has 0 aliphatic heterocycles. The summed E-state index contributed by atoms with van der Waals surface area (Å²) in [6, 6.07) is 19.6. The number of anilines is 1. The molecule has 31 heavy (non-hydrogen) atoms. The van der Waals surface area contributed by atoms with E-state index in [0.717, 1.165) is 22.3 Å². The lowest BCUT2D eigenvalue weighted by atomic mass is 10.1. The molecule has 5 rings (SSSR count). The number of para-hydroxylation sites is 2. The zero-order valence-corrected chi connectivity index (χ0v) is 17.6. The second kappa shape index (κ2) is 7.05. The van der Waals surface area contributed by atoms with Crippen LogP contribution in [0.2, 0.25) is 0 Å². The molecule has 0 bridgehead atoms. The smallest absolute Gasteiger partial charge is 0.263 e. The third-order valence-corrected chi connectivity index (χ3v) is 5.17. The molecule has 154 valence electrons. The van der Waals surface area contributed by atoms with Crippen LogP contribution >= 0.6 is 0 Å². The molecule has 2 aromatic carbocycles. The SMILES string of the molecule is CC(C)(C)n1c(NC(=O)c2cnn3c(-c4ccccc4)ccnc23)nc2ccccc21. The van der Waals surface area contributed by atoms with Crippen LogP contribution in [0.4, 0.5) is 5.95 Å². The lowest BCUT2D eigenvalue weighted by molar-refractivity contribution is 0.102. The number of hydrogen-bond acceptors (Lipinski definition) is 4. The Balaban J connectivity index is 1.57. The van der Waals surface area contributed by atoms with Gasteiger partial charge < -0.3 is 4.57 Å². The summed E-state index contributed by atoms with van der Waals surface area (Å²) in [5, 5.41) is 7.42. The van der Waals surface area contributed by atoms with E-state index in [2.05, 4.69) is 41.2 Å². The topological polar surface area (TPSA) is 77.1 Å². The highest BCUT2D eigenvalue weighted by atomic mass is 16.1. The van der Waals surface area contributed by atoms with Crippen LogP contribution in [0.25, 0.3) is 27.9 Å². The van der Waals surface area contributed by atoms with E-state index in [1.54, 1.807) is 16.9 Å². The first-order chi connectivity index (χ1) is 14.9. The molecule has 5 aromatic rings. The van der Waals surface area contributed by atoms with Crippen molar-refractivity contribution in [2.24, 2.45) is 0 Å². The number of nitrogens with one attached hydrogen (secondary N) is 1. The summed E-state index contributed by atoms with van der Waals surface area (Å²) >= 11 is 0. The van der Waals surface area contributed by atoms with E-state index in [-0.39, 0.29) is 11.4 Å². The van der Waals surface area contributed by atoms with E-state index < -0.39 is 0 Å². The number of carbonyl (C=O) groups is 1. The quantitative estimate of drug-likeness (QED) is 0.465. The molecule has 7 heteroatoms. The van der Waals surface area contributed by atoms with Crippen molar-refractivity contribution in [3.05, 3.63) is 78.6 Å². The summed E-state index contributed by atoms with van der Waals surface area (Å²) in [5.41, 5.74) is 4.29. The van der Waals surface area contributed by atoms with E-state index in [1.165, 1.54) is 0 Å². The van der Waals surface area contributed by atoms with Crippen LogP contribution in [0.3, 0.4) is 0 Å². The molecule has 1 amide bonds. The number of benzene rings is 2. The Bertz CT molecular complexity index is 1410. The molecule has 3 aromatic heterocycles. The van der Waals surface area contributed by atoms with Gasteiger partial charge in [-0.1, -0.05) is 42.5 Å². The monoisotopic (exact) mass is 410 g/mol. The van der Waals surface area contributed by atoms with Gasteiger partial charge in [-0.3, -0.25) is 10.1 Å². The predicted molar refractivity (Wildman–Crippen MR) is 121 cm³/mol. The molecular formula is C24H22N6O. The van der Waals surface area contributed by atoms with Crippen molar-refractivity contribution in [3.8, 4) is 11.3 Å². The van der Waals surface area contributed by atoms with Gasteiger partial charge >= 0.3 is 0 Å². The average molecular weight is 410 g/mol. The Morgan fingerprint density at radius 2 is 1.71 bits per heavy atom. The zero-order chi connectivity index (χ0) is 21.6. The summed E-state index contributed by atoms with van der Waals surface area (Å²) in [6.07, 6.45) is 3.24. The molecular weight excluding hydrogens is 388 g/mol. The molecule has 0 aliphatic rings. The number of amides is 1. The highest BCUT2D eigenvalue weighted by Gasteiger charge is 2.24. The largest absolute Gasteiger partial charge is 0.305 e. The van der Waals surface area contributed by atoms with E-state index in [1.807, 2.05) is 65.2 Å². The molecule has 0 aliphatic carbocycles. The summed E-state index contributed by atoms with van der Waals surface area (Å²) < 4.78 is 3.73. The van der Waals surface area contributed by atoms with Crippen LogP contribution in [0.1, 0.15) is 31.1 Å². The van der Waals surface area contributed by atoms with Gasteiger partial charge in [0.25, 0.3) is 5.91 Å². The zero-order valence-electron chi connectivity index (χ0n) is 17.6. The van der Waals surface area contributed by atoms with Crippen LogP contribution in [0.5, 0.6) is 0 Å². The molecule has 3 heterocycles. The summed E-state index contributed by atoms with van der Waals surface area (Å²) in [5.74, 6) is 0.200. The summed E-state index contributed by atoms with van der Waals surface area (Å²) in [4.78, 5) is 22.3. The Labute approximate surface area is 179 Å². The highest BCUT2D eigenvalue weighted by Crippen LogP contribution is 2.28. The maximum atomic E-state index is 13.2. The van der Waals surface area contributed by atoms with Gasteiger partial charge in [-0.15, -0.1) is 0 Å². The van der Waals surface area contributed by atoms with Gasteiger partial charge in [0.2, 0.25) is 5.95 Å². The van der Waals surface area contributed by atoms with Gasteiger partial charge in [-0.2, -0.15) is 5.10 Å². The Morgan fingerprint density at radius 3 is 2.48 bits per heavy atom. The fourth-order valence-corrected chi connectivity index (χ4v) is 3.84. The van der Waals surface area contributed by atoms with Crippen LogP contribution in [0, 0.1) is 0 Å². The van der Waals surface area contributed by atoms with Crippen LogP contribution in [0.15, 0.2) is 73.1 Å². The first kappa shape index (κ1) is 19.0. The van der Waals surface area contributed by atoms with E-state index in [4.69, 9.17) is 0 Å². The third-order valence-electron chi connectivity index (χ3n) is 5.17. The predicted octanol–water partition coefficient (Wildman–Crippen LogP) is 4.75. The minimum atomic E-state index is -0.298. The molecule has 7 nitrogen and oxygen atoms in total. The van der Waals surface area contributed by atoms with Gasteiger partial charge in [0.05, 0.1) is 22.9 Å². The fourth-order valence-electron chi connectivity index (χ4n) is 3.84. The van der Waals surface area contributed by atoms with Crippen molar-refractivity contribution in [1.29, 1.82) is 0 Å².